The molecule has 0 heterocycles. The highest BCUT2D eigenvalue weighted by atomic mass is 16.5. The molecule has 13 atom stereocenters. The van der Waals surface area contributed by atoms with Gasteiger partial charge in [-0.15, -0.1) is 0 Å². The number of hydrogen-bond donors (Lipinski definition) is 3. The van der Waals surface area contributed by atoms with Crippen molar-refractivity contribution < 1.29 is 29.6 Å². The van der Waals surface area contributed by atoms with Gasteiger partial charge in [-0.25, -0.2) is 0 Å². The Bertz CT molecular complexity index is 1000. The lowest BCUT2D eigenvalue weighted by Crippen LogP contribution is -2.62. The monoisotopic (exact) mass is 530 g/mol. The van der Waals surface area contributed by atoms with Crippen molar-refractivity contribution in [1.29, 1.82) is 0 Å². The molecule has 0 unspecified atom stereocenters. The van der Waals surface area contributed by atoms with Crippen molar-refractivity contribution in [3.63, 3.8) is 0 Å². The molecule has 38 heavy (non-hydrogen) atoms. The largest absolute Gasteiger partial charge is 0.481 e. The molecule has 5 rings (SSSR count). The second kappa shape index (κ2) is 9.33. The van der Waals surface area contributed by atoms with Crippen molar-refractivity contribution in [2.75, 3.05) is 0 Å². The van der Waals surface area contributed by atoms with Gasteiger partial charge in [-0.05, 0) is 84.9 Å². The second-order valence-electron chi connectivity index (χ2n) is 14.7. The number of fused-ring (bicyclic) bond motifs is 5. The zero-order chi connectivity index (χ0) is 27.9. The molecular weight excluding hydrogens is 480 g/mol. The number of carboxylic acids is 1. The Morgan fingerprint density at radius 1 is 1.05 bits per heavy atom. The molecule has 0 spiro atoms. The first kappa shape index (κ1) is 28.1. The Kier molecular flexibility index (Phi) is 6.91. The third-order valence-corrected chi connectivity index (χ3v) is 13.1. The quantitative estimate of drug-likeness (QED) is 0.311. The van der Waals surface area contributed by atoms with E-state index in [0.29, 0.717) is 36.5 Å². The van der Waals surface area contributed by atoms with Gasteiger partial charge in [-0.3, -0.25) is 9.59 Å². The molecule has 5 aliphatic carbocycles. The molecule has 6 heteroatoms. The van der Waals surface area contributed by atoms with E-state index in [2.05, 4.69) is 47.6 Å². The first-order chi connectivity index (χ1) is 17.7. The van der Waals surface area contributed by atoms with Crippen LogP contribution in [0.1, 0.15) is 93.4 Å². The smallest absolute Gasteiger partial charge is 0.310 e. The third-order valence-electron chi connectivity index (χ3n) is 13.1. The summed E-state index contributed by atoms with van der Waals surface area (Å²) in [4.78, 5) is 24.9. The van der Waals surface area contributed by atoms with Crippen LogP contribution in [0.3, 0.4) is 0 Å². The molecule has 0 saturated heterocycles. The molecule has 0 aliphatic heterocycles. The van der Waals surface area contributed by atoms with Crippen LogP contribution in [-0.4, -0.2) is 45.6 Å². The van der Waals surface area contributed by atoms with Gasteiger partial charge in [-0.2, -0.15) is 0 Å². The number of esters is 1. The maximum atomic E-state index is 13.3. The minimum atomic E-state index is -0.911. The Balaban J connectivity index is 1.45. The summed E-state index contributed by atoms with van der Waals surface area (Å²) in [5.74, 6) is 0.874. The molecule has 4 saturated carbocycles. The molecule has 6 nitrogen and oxygen atoms in total. The van der Waals surface area contributed by atoms with Gasteiger partial charge in [0.1, 0.15) is 6.10 Å². The lowest BCUT2D eigenvalue weighted by molar-refractivity contribution is -0.190. The minimum absolute atomic E-state index is 0.00129. The van der Waals surface area contributed by atoms with E-state index in [4.69, 9.17) is 4.74 Å². The van der Waals surface area contributed by atoms with Crippen LogP contribution >= 0.6 is 0 Å². The zero-order valence-electron chi connectivity index (χ0n) is 24.4. The maximum Gasteiger partial charge on any atom is 0.310 e. The van der Waals surface area contributed by atoms with Crippen LogP contribution < -0.4 is 0 Å². The minimum Gasteiger partial charge on any atom is -0.481 e. The number of rotatable bonds is 6. The Morgan fingerprint density at radius 3 is 2.34 bits per heavy atom. The highest BCUT2D eigenvalue weighted by molar-refractivity contribution is 5.76. The summed E-state index contributed by atoms with van der Waals surface area (Å²) in [6, 6.07) is 0. The van der Waals surface area contributed by atoms with Crippen LogP contribution in [0.15, 0.2) is 11.6 Å². The van der Waals surface area contributed by atoms with E-state index in [0.717, 1.165) is 24.8 Å². The summed E-state index contributed by atoms with van der Waals surface area (Å²) in [6.07, 6.45) is 5.18. The number of aliphatic hydroxyl groups is 2. The number of aliphatic carboxylic acids is 1. The van der Waals surface area contributed by atoms with Crippen LogP contribution in [0.25, 0.3) is 0 Å². The first-order valence-corrected chi connectivity index (χ1v) is 15.2. The van der Waals surface area contributed by atoms with Gasteiger partial charge >= 0.3 is 11.9 Å². The topological polar surface area (TPSA) is 104 Å². The van der Waals surface area contributed by atoms with Gasteiger partial charge in [-0.1, -0.05) is 53.2 Å². The molecule has 0 radical (unpaired) electrons. The first-order valence-electron chi connectivity index (χ1n) is 15.2. The number of carbonyl (C=O) groups is 2. The summed E-state index contributed by atoms with van der Waals surface area (Å²) >= 11 is 0. The third kappa shape index (κ3) is 3.86. The van der Waals surface area contributed by atoms with Crippen molar-refractivity contribution in [2.24, 2.45) is 63.6 Å². The molecule has 3 N–H and O–H groups in total. The Labute approximate surface area is 228 Å². The number of aliphatic hydroxyl groups excluding tert-OH is 2. The molecule has 4 fully saturated rings. The average Bonchev–Trinajstić information content (AvgIpc) is 3.36. The van der Waals surface area contributed by atoms with E-state index in [1.54, 1.807) is 0 Å². The van der Waals surface area contributed by atoms with Crippen molar-refractivity contribution in [3.05, 3.63) is 11.6 Å². The van der Waals surface area contributed by atoms with Crippen LogP contribution in [0.4, 0.5) is 0 Å². The second-order valence-corrected chi connectivity index (χ2v) is 14.7. The number of hydrogen-bond acceptors (Lipinski definition) is 5. The summed E-state index contributed by atoms with van der Waals surface area (Å²) in [7, 11) is 0. The number of carbonyl (C=O) groups excluding carboxylic acids is 1. The number of allylic oxidation sites excluding steroid dienone is 1. The van der Waals surface area contributed by atoms with Gasteiger partial charge in [0.2, 0.25) is 0 Å². The van der Waals surface area contributed by atoms with Gasteiger partial charge in [0.05, 0.1) is 17.6 Å². The SMILES string of the molecule is CC(=O)O[C@@H]1CC2=CC[C@@H]3[C@H]([C@H](O)C[C@]4(C(=O)O)[C@@H]([C@H](C)[C@H]5C[C@]5(C)[C@H](C)C(C)C)CC[C@@H]34)[C@@]2(C)[C@@H](O)C1. The van der Waals surface area contributed by atoms with Crippen molar-refractivity contribution in [3.8, 4) is 0 Å². The predicted molar refractivity (Wildman–Crippen MR) is 145 cm³/mol. The fourth-order valence-electron chi connectivity index (χ4n) is 10.7. The van der Waals surface area contributed by atoms with Crippen LogP contribution in [-0.2, 0) is 14.3 Å². The van der Waals surface area contributed by atoms with Crippen molar-refractivity contribution in [1.82, 2.24) is 0 Å². The van der Waals surface area contributed by atoms with E-state index in [1.165, 1.54) is 13.3 Å². The number of carboxylic acid groups (broad SMARTS) is 1. The summed E-state index contributed by atoms with van der Waals surface area (Å²) in [6.45, 7) is 15.1. The molecule has 0 aromatic carbocycles. The fraction of sp³-hybridized carbons (Fsp3) is 0.875. The van der Waals surface area contributed by atoms with E-state index in [9.17, 15) is 24.9 Å². The van der Waals surface area contributed by atoms with Crippen molar-refractivity contribution in [2.45, 2.75) is 112 Å². The normalized spacial score (nSPS) is 49.3. The standard InChI is InChI=1S/C32H50O6/c1-16(2)18(4)30(6)14-25(30)17(3)23-10-11-24-22-9-8-20-12-21(38-19(5)33)13-27(35)31(20,7)28(22)26(34)15-32(23,24)29(36)37/h8,16-18,21-28,34-35H,9-15H2,1-7H3,(H,36,37)/t17-,18+,21+,22-,23+,24-,25+,26+,27-,28+,30+,31+,32-/m0/s1. The maximum absolute atomic E-state index is 13.3. The lowest BCUT2D eigenvalue weighted by atomic mass is 9.45. The molecule has 5 aliphatic rings. The molecule has 0 amide bonds. The van der Waals surface area contributed by atoms with Crippen LogP contribution in [0, 0.1) is 63.6 Å². The number of ether oxygens (including phenoxy) is 1. The Hall–Kier alpha value is -1.40. The molecular formula is C32H50O6. The van der Waals surface area contributed by atoms with Gasteiger partial charge in [0, 0.05) is 25.2 Å². The van der Waals surface area contributed by atoms with Gasteiger partial charge in [0.25, 0.3) is 0 Å². The van der Waals surface area contributed by atoms with E-state index in [1.807, 2.05) is 0 Å². The van der Waals surface area contributed by atoms with Gasteiger partial charge in [0.15, 0.2) is 0 Å². The molecule has 0 bridgehead atoms. The Morgan fingerprint density at radius 2 is 1.74 bits per heavy atom. The van der Waals surface area contributed by atoms with E-state index < -0.39 is 29.0 Å². The zero-order valence-corrected chi connectivity index (χ0v) is 24.4. The van der Waals surface area contributed by atoms with E-state index in [-0.39, 0.29) is 47.6 Å². The lowest BCUT2D eigenvalue weighted by Gasteiger charge is -2.60. The van der Waals surface area contributed by atoms with Crippen LogP contribution in [0.2, 0.25) is 0 Å². The van der Waals surface area contributed by atoms with E-state index >= 15 is 0 Å². The summed E-state index contributed by atoms with van der Waals surface area (Å²) in [5.41, 5.74) is -0.215. The summed E-state index contributed by atoms with van der Waals surface area (Å²) in [5, 5.41) is 34.2. The van der Waals surface area contributed by atoms with Crippen LogP contribution in [0.5, 0.6) is 0 Å². The van der Waals surface area contributed by atoms with Gasteiger partial charge < -0.3 is 20.1 Å². The van der Waals surface area contributed by atoms with Crippen molar-refractivity contribution >= 4 is 11.9 Å². The summed E-state index contributed by atoms with van der Waals surface area (Å²) < 4.78 is 5.47. The molecule has 0 aromatic rings. The molecule has 0 aromatic heterocycles. The molecule has 214 valence electrons. The fourth-order valence-corrected chi connectivity index (χ4v) is 10.7. The highest BCUT2D eigenvalue weighted by Crippen LogP contribution is 2.71. The highest BCUT2D eigenvalue weighted by Gasteiger charge is 2.70. The average molecular weight is 531 g/mol. The predicted octanol–water partition coefficient (Wildman–Crippen LogP) is 5.46.